The fourth-order valence-corrected chi connectivity index (χ4v) is 6.12. The maximum Gasteiger partial charge on any atom is 0.509 e. The molecule has 6 heteroatoms. The third-order valence-electron chi connectivity index (χ3n) is 2.43. The van der Waals surface area contributed by atoms with E-state index in [4.69, 9.17) is 25.5 Å². The van der Waals surface area contributed by atoms with Crippen molar-refractivity contribution in [3.8, 4) is 0 Å². The zero-order valence-electron chi connectivity index (χ0n) is 10.7. The smallest absolute Gasteiger partial charge is 0.376 e. The van der Waals surface area contributed by atoms with Crippen molar-refractivity contribution >= 4 is 37.0 Å². The number of rotatable bonds is 8. The molecule has 3 nitrogen and oxygen atoms in total. The molecule has 0 aromatic carbocycles. The highest BCUT2D eigenvalue weighted by atomic mass is 32.2. The first kappa shape index (κ1) is 16.5. The zero-order chi connectivity index (χ0) is 12.6. The van der Waals surface area contributed by atoms with Crippen LogP contribution >= 0.6 is 24.0 Å². The van der Waals surface area contributed by atoms with Crippen LogP contribution < -0.4 is 0 Å². The van der Waals surface area contributed by atoms with Gasteiger partial charge in [-0.15, -0.1) is 11.8 Å². The number of hydrogen-bond acceptors (Lipinski definition) is 5. The van der Waals surface area contributed by atoms with E-state index in [1.807, 2.05) is 0 Å². The fourth-order valence-electron chi connectivity index (χ4n) is 1.65. The minimum Gasteiger partial charge on any atom is -0.376 e. The Hall–Kier alpha value is 0.537. The summed E-state index contributed by atoms with van der Waals surface area (Å²) in [5, 5.41) is 0. The van der Waals surface area contributed by atoms with Gasteiger partial charge >= 0.3 is 8.80 Å². The van der Waals surface area contributed by atoms with Gasteiger partial charge in [0.05, 0.1) is 9.74 Å². The molecule has 0 spiro atoms. The molecule has 0 amide bonds. The molecule has 0 heterocycles. The lowest BCUT2D eigenvalue weighted by atomic mass is 10.3. The second kappa shape index (κ2) is 8.60. The van der Waals surface area contributed by atoms with Crippen molar-refractivity contribution in [3.05, 3.63) is 0 Å². The van der Waals surface area contributed by atoms with Crippen LogP contribution in [0.5, 0.6) is 0 Å². The Morgan fingerprint density at radius 3 is 2.00 bits per heavy atom. The molecule has 0 radical (unpaired) electrons. The Balaban J connectivity index is 4.90. The van der Waals surface area contributed by atoms with Crippen molar-refractivity contribution in [2.75, 3.05) is 27.1 Å². The van der Waals surface area contributed by atoms with Crippen LogP contribution in [0.25, 0.3) is 0 Å². The van der Waals surface area contributed by atoms with Crippen molar-refractivity contribution in [2.45, 2.75) is 32.2 Å². The zero-order valence-corrected chi connectivity index (χ0v) is 13.4. The van der Waals surface area contributed by atoms with Gasteiger partial charge in [-0.2, -0.15) is 0 Å². The van der Waals surface area contributed by atoms with E-state index >= 15 is 0 Å². The molecule has 0 aliphatic carbocycles. The third-order valence-corrected chi connectivity index (χ3v) is 7.48. The topological polar surface area (TPSA) is 27.7 Å². The monoisotopic (exact) mass is 282 g/mol. The average Bonchev–Trinajstić information content (AvgIpc) is 2.31. The number of hydrogen-bond donors (Lipinski definition) is 0. The molecular formula is C10H22O3S2Si. The summed E-state index contributed by atoms with van der Waals surface area (Å²) >= 11 is 7.12. The molecule has 1 unspecified atom stereocenters. The van der Waals surface area contributed by atoms with Crippen molar-refractivity contribution in [1.82, 2.24) is 0 Å². The van der Waals surface area contributed by atoms with Gasteiger partial charge in [-0.1, -0.05) is 32.5 Å². The van der Waals surface area contributed by atoms with Crippen LogP contribution in [0.4, 0.5) is 0 Å². The summed E-state index contributed by atoms with van der Waals surface area (Å²) in [5.74, 6) is 0.973. The molecule has 0 bridgehead atoms. The maximum atomic E-state index is 5.51. The van der Waals surface area contributed by atoms with Crippen LogP contribution in [0.15, 0.2) is 0 Å². The lowest BCUT2D eigenvalue weighted by molar-refractivity contribution is 0.118. The lowest BCUT2D eigenvalue weighted by Gasteiger charge is -2.32. The molecule has 16 heavy (non-hydrogen) atoms. The van der Waals surface area contributed by atoms with E-state index in [0.717, 1.165) is 22.8 Å². The predicted molar refractivity (Wildman–Crippen MR) is 76.2 cm³/mol. The summed E-state index contributed by atoms with van der Waals surface area (Å²) in [5.41, 5.74) is 0.109. The lowest BCUT2D eigenvalue weighted by Crippen LogP contribution is -2.49. The van der Waals surface area contributed by atoms with Crippen LogP contribution in [0.3, 0.4) is 0 Å². The van der Waals surface area contributed by atoms with Gasteiger partial charge in [-0.3, -0.25) is 0 Å². The van der Waals surface area contributed by atoms with E-state index < -0.39 is 8.80 Å². The quantitative estimate of drug-likeness (QED) is 0.504. The van der Waals surface area contributed by atoms with E-state index in [-0.39, 0.29) is 5.54 Å². The summed E-state index contributed by atoms with van der Waals surface area (Å²) < 4.78 is 17.5. The standard InChI is InChI=1S/C10H22O3S2Si/c1-6-8-9(10(14)15-7-2)16(11-3,12-4)13-5/h9H,6-8H2,1-5H3. The third kappa shape index (κ3) is 4.08. The predicted octanol–water partition coefficient (Wildman–Crippen LogP) is 3.12. The summed E-state index contributed by atoms with van der Waals surface area (Å²) in [6, 6.07) is 0. The summed E-state index contributed by atoms with van der Waals surface area (Å²) in [7, 11) is 2.29. The summed E-state index contributed by atoms with van der Waals surface area (Å²) in [6.07, 6.45) is 1.99. The molecule has 96 valence electrons. The van der Waals surface area contributed by atoms with E-state index in [0.29, 0.717) is 0 Å². The Labute approximate surface area is 110 Å². The highest BCUT2D eigenvalue weighted by Crippen LogP contribution is 2.34. The van der Waals surface area contributed by atoms with Crippen LogP contribution in [-0.2, 0) is 13.3 Å². The Kier molecular flexibility index (Phi) is 8.89. The van der Waals surface area contributed by atoms with Crippen molar-refractivity contribution in [1.29, 1.82) is 0 Å². The fraction of sp³-hybridized carbons (Fsp3) is 0.900. The highest BCUT2D eigenvalue weighted by Gasteiger charge is 2.48. The number of thioether (sulfide) groups is 1. The SMILES string of the molecule is CCCC(C(=S)SCC)[Si](OC)(OC)OC. The Bertz CT molecular complexity index is 202. The highest BCUT2D eigenvalue weighted by molar-refractivity contribution is 8.23. The van der Waals surface area contributed by atoms with E-state index in [2.05, 4.69) is 13.8 Å². The van der Waals surface area contributed by atoms with Gasteiger partial charge in [0, 0.05) is 21.3 Å². The van der Waals surface area contributed by atoms with Gasteiger partial charge in [0.25, 0.3) is 0 Å². The van der Waals surface area contributed by atoms with E-state index in [1.54, 1.807) is 33.1 Å². The average molecular weight is 283 g/mol. The van der Waals surface area contributed by atoms with E-state index in [1.165, 1.54) is 0 Å². The van der Waals surface area contributed by atoms with Crippen LogP contribution in [0.2, 0.25) is 5.54 Å². The number of thiocarbonyl (C=S) groups is 1. The van der Waals surface area contributed by atoms with E-state index in [9.17, 15) is 0 Å². The van der Waals surface area contributed by atoms with Gasteiger partial charge in [0.2, 0.25) is 0 Å². The molecule has 0 fully saturated rings. The van der Waals surface area contributed by atoms with Crippen LogP contribution in [0.1, 0.15) is 26.7 Å². The minimum absolute atomic E-state index is 0.109. The molecule has 0 aromatic heterocycles. The summed E-state index contributed by atoms with van der Waals surface area (Å²) in [6.45, 7) is 4.22. The second-order valence-electron chi connectivity index (χ2n) is 3.31. The van der Waals surface area contributed by atoms with Gasteiger partial charge < -0.3 is 13.3 Å². The molecule has 0 saturated carbocycles. The molecule has 0 N–H and O–H groups in total. The first-order valence-electron chi connectivity index (χ1n) is 5.43. The molecular weight excluding hydrogens is 260 g/mol. The van der Waals surface area contributed by atoms with Gasteiger partial charge in [0.1, 0.15) is 0 Å². The van der Waals surface area contributed by atoms with Crippen molar-refractivity contribution in [2.24, 2.45) is 0 Å². The molecule has 0 aromatic rings. The minimum atomic E-state index is -2.63. The molecule has 0 rings (SSSR count). The Morgan fingerprint density at radius 2 is 1.69 bits per heavy atom. The maximum absolute atomic E-state index is 5.51. The first-order chi connectivity index (χ1) is 7.61. The molecule has 0 aliphatic rings. The van der Waals surface area contributed by atoms with Crippen LogP contribution in [0, 0.1) is 0 Å². The molecule has 0 saturated heterocycles. The van der Waals surface area contributed by atoms with Gasteiger partial charge in [-0.05, 0) is 12.2 Å². The Morgan fingerprint density at radius 1 is 1.19 bits per heavy atom. The normalized spacial score (nSPS) is 13.8. The second-order valence-corrected chi connectivity index (χ2v) is 8.44. The van der Waals surface area contributed by atoms with Gasteiger partial charge in [-0.25, -0.2) is 0 Å². The first-order valence-corrected chi connectivity index (χ1v) is 8.63. The largest absolute Gasteiger partial charge is 0.509 e. The summed E-state index contributed by atoms with van der Waals surface area (Å²) in [4.78, 5) is 0. The van der Waals surface area contributed by atoms with Gasteiger partial charge in [0.15, 0.2) is 0 Å². The van der Waals surface area contributed by atoms with Crippen molar-refractivity contribution in [3.63, 3.8) is 0 Å². The molecule has 0 aliphatic heterocycles. The van der Waals surface area contributed by atoms with Crippen LogP contribution in [-0.4, -0.2) is 40.1 Å². The molecule has 1 atom stereocenters. The van der Waals surface area contributed by atoms with Crippen molar-refractivity contribution < 1.29 is 13.3 Å².